The minimum absolute atomic E-state index is 0.691. The summed E-state index contributed by atoms with van der Waals surface area (Å²) < 4.78 is 0. The zero-order valence-electron chi connectivity index (χ0n) is 11.2. The number of hydrogen-bond acceptors (Lipinski definition) is 3. The number of nitrogen functional groups attached to an aromatic ring is 1. The van der Waals surface area contributed by atoms with Crippen LogP contribution in [0.3, 0.4) is 0 Å². The van der Waals surface area contributed by atoms with E-state index in [1.807, 2.05) is 18.5 Å². The standard InChI is InChI=1S/C17H13N3S/c18-14-8-13(9-19-10-14)17-4-3-16(21-17)12-1-2-15-11(7-12)5-6-20-15/h1-10,20H,18H2. The molecular weight excluding hydrogens is 278 g/mol. The van der Waals surface area contributed by atoms with Crippen molar-refractivity contribution in [1.82, 2.24) is 9.97 Å². The highest BCUT2D eigenvalue weighted by atomic mass is 32.1. The van der Waals surface area contributed by atoms with Crippen LogP contribution in [-0.4, -0.2) is 9.97 Å². The smallest absolute Gasteiger partial charge is 0.0507 e. The Kier molecular flexibility index (Phi) is 2.75. The van der Waals surface area contributed by atoms with Crippen LogP contribution < -0.4 is 5.73 Å². The molecule has 4 heteroatoms. The van der Waals surface area contributed by atoms with Crippen molar-refractivity contribution in [2.75, 3.05) is 5.73 Å². The number of benzene rings is 1. The van der Waals surface area contributed by atoms with Crippen LogP contribution in [0.1, 0.15) is 0 Å². The van der Waals surface area contributed by atoms with Crippen LogP contribution in [-0.2, 0) is 0 Å². The number of aromatic amines is 1. The molecule has 1 aromatic carbocycles. The summed E-state index contributed by atoms with van der Waals surface area (Å²) in [5, 5.41) is 1.23. The van der Waals surface area contributed by atoms with Crippen molar-refractivity contribution in [2.24, 2.45) is 0 Å². The summed E-state index contributed by atoms with van der Waals surface area (Å²) in [6, 6.07) is 14.8. The van der Waals surface area contributed by atoms with E-state index in [0.29, 0.717) is 5.69 Å². The fourth-order valence-electron chi connectivity index (χ4n) is 2.45. The monoisotopic (exact) mass is 291 g/mol. The molecule has 0 amide bonds. The van der Waals surface area contributed by atoms with Crippen molar-refractivity contribution in [2.45, 2.75) is 0 Å². The molecule has 0 aliphatic carbocycles. The first kappa shape index (κ1) is 12.2. The minimum Gasteiger partial charge on any atom is -0.397 e. The Labute approximate surface area is 126 Å². The summed E-state index contributed by atoms with van der Waals surface area (Å²) in [4.78, 5) is 9.80. The highest BCUT2D eigenvalue weighted by Gasteiger charge is 2.06. The van der Waals surface area contributed by atoms with E-state index >= 15 is 0 Å². The third kappa shape index (κ3) is 2.19. The predicted molar refractivity (Wildman–Crippen MR) is 89.3 cm³/mol. The van der Waals surface area contributed by atoms with E-state index in [1.54, 1.807) is 17.5 Å². The van der Waals surface area contributed by atoms with Crippen molar-refractivity contribution in [3.8, 4) is 20.9 Å². The lowest BCUT2D eigenvalue weighted by molar-refractivity contribution is 1.34. The molecule has 0 aliphatic heterocycles. The van der Waals surface area contributed by atoms with Gasteiger partial charge in [0.05, 0.1) is 5.69 Å². The summed E-state index contributed by atoms with van der Waals surface area (Å²) in [7, 11) is 0. The fraction of sp³-hybridized carbons (Fsp3) is 0. The van der Waals surface area contributed by atoms with Crippen LogP contribution in [0.5, 0.6) is 0 Å². The van der Waals surface area contributed by atoms with Gasteiger partial charge in [-0.1, -0.05) is 6.07 Å². The molecule has 21 heavy (non-hydrogen) atoms. The Bertz CT molecular complexity index is 920. The van der Waals surface area contributed by atoms with Gasteiger partial charge in [0.15, 0.2) is 0 Å². The van der Waals surface area contributed by atoms with Crippen LogP contribution in [0.4, 0.5) is 5.69 Å². The van der Waals surface area contributed by atoms with E-state index in [-0.39, 0.29) is 0 Å². The Hall–Kier alpha value is -2.59. The molecule has 3 N–H and O–H groups in total. The third-order valence-electron chi connectivity index (χ3n) is 3.49. The van der Waals surface area contributed by atoms with Gasteiger partial charge in [0, 0.05) is 39.4 Å². The maximum absolute atomic E-state index is 5.80. The lowest BCUT2D eigenvalue weighted by Crippen LogP contribution is -1.85. The summed E-state index contributed by atoms with van der Waals surface area (Å²) in [6.07, 6.45) is 5.48. The maximum atomic E-state index is 5.80. The van der Waals surface area contributed by atoms with Crippen LogP contribution in [0, 0.1) is 0 Å². The topological polar surface area (TPSA) is 54.7 Å². The van der Waals surface area contributed by atoms with Gasteiger partial charge >= 0.3 is 0 Å². The van der Waals surface area contributed by atoms with Crippen LogP contribution >= 0.6 is 11.3 Å². The average Bonchev–Trinajstić information content (AvgIpc) is 3.15. The van der Waals surface area contributed by atoms with Crippen molar-refractivity contribution in [1.29, 1.82) is 0 Å². The summed E-state index contributed by atoms with van der Waals surface area (Å²) in [5.74, 6) is 0. The average molecular weight is 291 g/mol. The molecule has 0 saturated carbocycles. The van der Waals surface area contributed by atoms with E-state index < -0.39 is 0 Å². The SMILES string of the molecule is Nc1cncc(-c2ccc(-c3ccc4[nH]ccc4c3)s2)c1. The zero-order chi connectivity index (χ0) is 14.2. The Morgan fingerprint density at radius 1 is 0.905 bits per heavy atom. The van der Waals surface area contributed by atoms with E-state index in [0.717, 1.165) is 11.1 Å². The van der Waals surface area contributed by atoms with Gasteiger partial charge in [0.1, 0.15) is 0 Å². The number of pyridine rings is 1. The normalized spacial score (nSPS) is 11.0. The number of nitrogens with two attached hydrogens (primary N) is 1. The van der Waals surface area contributed by atoms with Crippen molar-refractivity contribution >= 4 is 27.9 Å². The lowest BCUT2D eigenvalue weighted by Gasteiger charge is -1.99. The van der Waals surface area contributed by atoms with Crippen molar-refractivity contribution in [3.63, 3.8) is 0 Å². The molecule has 0 unspecified atom stereocenters. The summed E-state index contributed by atoms with van der Waals surface area (Å²) in [6.45, 7) is 0. The molecule has 4 aromatic rings. The number of fused-ring (bicyclic) bond motifs is 1. The molecule has 0 saturated heterocycles. The first-order chi connectivity index (χ1) is 10.3. The second kappa shape index (κ2) is 4.75. The van der Waals surface area contributed by atoms with Crippen molar-refractivity contribution < 1.29 is 0 Å². The van der Waals surface area contributed by atoms with Gasteiger partial charge in [-0.25, -0.2) is 0 Å². The number of nitrogens with one attached hydrogen (secondary N) is 1. The van der Waals surface area contributed by atoms with Crippen molar-refractivity contribution in [3.05, 3.63) is 61.1 Å². The number of thiophene rings is 1. The number of rotatable bonds is 2. The van der Waals surface area contributed by atoms with E-state index in [1.165, 1.54) is 20.7 Å². The number of nitrogens with zero attached hydrogens (tertiary/aromatic N) is 1. The molecule has 0 aliphatic rings. The lowest BCUT2D eigenvalue weighted by atomic mass is 10.1. The Morgan fingerprint density at radius 2 is 1.76 bits per heavy atom. The van der Waals surface area contributed by atoms with Gasteiger partial charge in [-0.3, -0.25) is 4.98 Å². The predicted octanol–water partition coefficient (Wildman–Crippen LogP) is 4.54. The second-order valence-corrected chi connectivity index (χ2v) is 6.03. The highest BCUT2D eigenvalue weighted by molar-refractivity contribution is 7.18. The van der Waals surface area contributed by atoms with E-state index in [9.17, 15) is 0 Å². The molecule has 102 valence electrons. The molecule has 4 rings (SSSR count). The largest absolute Gasteiger partial charge is 0.397 e. The molecule has 3 nitrogen and oxygen atoms in total. The molecule has 0 fully saturated rings. The van der Waals surface area contributed by atoms with Gasteiger partial charge in [-0.2, -0.15) is 0 Å². The summed E-state index contributed by atoms with van der Waals surface area (Å²) in [5.41, 5.74) is 9.95. The molecule has 0 bridgehead atoms. The van der Waals surface area contributed by atoms with E-state index in [2.05, 4.69) is 46.4 Å². The molecular formula is C17H13N3S. The summed E-state index contributed by atoms with van der Waals surface area (Å²) >= 11 is 1.75. The first-order valence-corrected chi connectivity index (χ1v) is 7.49. The minimum atomic E-state index is 0.691. The van der Waals surface area contributed by atoms with Gasteiger partial charge in [0.25, 0.3) is 0 Å². The number of H-pyrrole nitrogens is 1. The fourth-order valence-corrected chi connectivity index (χ4v) is 3.43. The molecule has 0 spiro atoms. The van der Waals surface area contributed by atoms with Crippen LogP contribution in [0.25, 0.3) is 31.8 Å². The van der Waals surface area contributed by atoms with Crippen LogP contribution in [0.15, 0.2) is 61.1 Å². The molecule has 3 heterocycles. The first-order valence-electron chi connectivity index (χ1n) is 6.68. The maximum Gasteiger partial charge on any atom is 0.0507 e. The quantitative estimate of drug-likeness (QED) is 0.569. The third-order valence-corrected chi connectivity index (χ3v) is 4.67. The van der Waals surface area contributed by atoms with Gasteiger partial charge in [-0.15, -0.1) is 11.3 Å². The Balaban J connectivity index is 1.76. The second-order valence-electron chi connectivity index (χ2n) is 4.95. The van der Waals surface area contributed by atoms with Gasteiger partial charge < -0.3 is 10.7 Å². The van der Waals surface area contributed by atoms with Gasteiger partial charge in [0.2, 0.25) is 0 Å². The number of anilines is 1. The van der Waals surface area contributed by atoms with Crippen LogP contribution in [0.2, 0.25) is 0 Å². The van der Waals surface area contributed by atoms with E-state index in [4.69, 9.17) is 5.73 Å². The molecule has 3 aromatic heterocycles. The molecule has 0 atom stereocenters. The van der Waals surface area contributed by atoms with Gasteiger partial charge in [-0.05, 0) is 47.3 Å². The highest BCUT2D eigenvalue weighted by Crippen LogP contribution is 2.35. The number of hydrogen-bond donors (Lipinski definition) is 2. The number of aromatic nitrogens is 2. The Morgan fingerprint density at radius 3 is 2.62 bits per heavy atom. The molecule has 0 radical (unpaired) electrons. The zero-order valence-corrected chi connectivity index (χ0v) is 12.0.